The number of hydrogen-bond acceptors (Lipinski definition) is 3. The van der Waals surface area contributed by atoms with Crippen molar-refractivity contribution in [1.82, 2.24) is 9.88 Å². The lowest BCUT2D eigenvalue weighted by atomic mass is 10.2. The lowest BCUT2D eigenvalue weighted by molar-refractivity contribution is -0.130. The molecule has 0 unspecified atom stereocenters. The predicted molar refractivity (Wildman–Crippen MR) is 87.2 cm³/mol. The first kappa shape index (κ1) is 16.7. The normalized spacial score (nSPS) is 10.3. The molecule has 1 heterocycles. The average molecular weight is 314 g/mol. The number of aromatic nitrogens is 1. The molecule has 2 rings (SSSR count). The van der Waals surface area contributed by atoms with E-state index in [2.05, 4.69) is 18.1 Å². The summed E-state index contributed by atoms with van der Waals surface area (Å²) in [6.07, 6.45) is 5.65. The molecule has 0 saturated heterocycles. The Hall–Kier alpha value is -2.69. The fourth-order valence-corrected chi connectivity index (χ4v) is 2.14. The minimum atomic E-state index is -0.302. The van der Waals surface area contributed by atoms with Crippen molar-refractivity contribution in [2.24, 2.45) is 0 Å². The van der Waals surface area contributed by atoms with E-state index < -0.39 is 0 Å². The molecule has 23 heavy (non-hydrogen) atoms. The van der Waals surface area contributed by atoms with Crippen LogP contribution >= 0.6 is 0 Å². The van der Waals surface area contributed by atoms with Gasteiger partial charge >= 0.3 is 0 Å². The van der Waals surface area contributed by atoms with Crippen LogP contribution in [0.2, 0.25) is 0 Å². The van der Waals surface area contributed by atoms with Crippen molar-refractivity contribution in [3.63, 3.8) is 0 Å². The number of benzene rings is 1. The molecule has 0 aliphatic heterocycles. The van der Waals surface area contributed by atoms with E-state index in [0.29, 0.717) is 37.6 Å². The van der Waals surface area contributed by atoms with E-state index in [-0.39, 0.29) is 11.7 Å². The summed E-state index contributed by atoms with van der Waals surface area (Å²) in [7, 11) is 0. The van der Waals surface area contributed by atoms with E-state index in [1.165, 1.54) is 12.1 Å². The van der Waals surface area contributed by atoms with E-state index in [9.17, 15) is 9.18 Å². The molecule has 2 aromatic rings. The van der Waals surface area contributed by atoms with Crippen molar-refractivity contribution >= 4 is 5.91 Å². The van der Waals surface area contributed by atoms with Crippen LogP contribution in [-0.4, -0.2) is 28.9 Å². The van der Waals surface area contributed by atoms with Gasteiger partial charge in [-0.1, -0.05) is 12.2 Å². The molecule has 0 aliphatic carbocycles. The van der Waals surface area contributed by atoms with Gasteiger partial charge in [-0.25, -0.2) is 9.37 Å². The highest BCUT2D eigenvalue weighted by Crippen LogP contribution is 2.21. The number of rotatable bonds is 8. The number of hydrogen-bond donors (Lipinski definition) is 0. The van der Waals surface area contributed by atoms with Crippen LogP contribution in [-0.2, 0) is 11.2 Å². The predicted octanol–water partition coefficient (Wildman–Crippen LogP) is 3.61. The van der Waals surface area contributed by atoms with Crippen LogP contribution in [0.4, 0.5) is 4.39 Å². The highest BCUT2D eigenvalue weighted by molar-refractivity contribution is 5.76. The summed E-state index contributed by atoms with van der Waals surface area (Å²) in [5.41, 5.74) is 0.747. The topological polar surface area (TPSA) is 46.3 Å². The molecule has 0 saturated carbocycles. The number of carbonyl (C=O) groups excluding carboxylic acids is 1. The summed E-state index contributed by atoms with van der Waals surface area (Å²) < 4.78 is 18.5. The Labute approximate surface area is 134 Å². The van der Waals surface area contributed by atoms with Gasteiger partial charge in [-0.15, -0.1) is 13.2 Å². The third-order valence-electron chi connectivity index (χ3n) is 3.29. The molecule has 1 aromatic heterocycles. The number of carbonyl (C=O) groups is 1. The largest absolute Gasteiger partial charge is 0.441 e. The van der Waals surface area contributed by atoms with Gasteiger partial charge in [0.1, 0.15) is 5.82 Å². The second-order valence-corrected chi connectivity index (χ2v) is 5.00. The Balaban J connectivity index is 1.96. The van der Waals surface area contributed by atoms with Gasteiger partial charge in [0.25, 0.3) is 0 Å². The average Bonchev–Trinajstić information content (AvgIpc) is 3.02. The van der Waals surface area contributed by atoms with Crippen molar-refractivity contribution in [3.05, 3.63) is 67.5 Å². The molecule has 0 N–H and O–H groups in total. The molecule has 0 atom stereocenters. The summed E-state index contributed by atoms with van der Waals surface area (Å²) in [5.74, 6) is 0.728. The molecular formula is C18H19FN2O2. The molecule has 120 valence electrons. The first-order chi connectivity index (χ1) is 11.1. The maximum Gasteiger partial charge on any atom is 0.223 e. The number of amides is 1. The zero-order chi connectivity index (χ0) is 16.7. The number of aryl methyl sites for hydroxylation is 1. The summed E-state index contributed by atoms with van der Waals surface area (Å²) in [5, 5.41) is 0. The lowest BCUT2D eigenvalue weighted by Gasteiger charge is -2.18. The number of oxazole rings is 1. The van der Waals surface area contributed by atoms with Crippen LogP contribution in [0, 0.1) is 5.82 Å². The van der Waals surface area contributed by atoms with Crippen LogP contribution in [0.3, 0.4) is 0 Å². The van der Waals surface area contributed by atoms with Gasteiger partial charge in [0, 0.05) is 31.5 Å². The molecule has 0 aliphatic rings. The Bertz CT molecular complexity index is 667. The van der Waals surface area contributed by atoms with Crippen molar-refractivity contribution in [2.45, 2.75) is 12.8 Å². The maximum absolute atomic E-state index is 12.9. The van der Waals surface area contributed by atoms with E-state index in [1.807, 2.05) is 0 Å². The van der Waals surface area contributed by atoms with Crippen LogP contribution in [0.5, 0.6) is 0 Å². The van der Waals surface area contributed by atoms with Gasteiger partial charge in [-0.3, -0.25) is 4.79 Å². The Kier molecular flexibility index (Phi) is 5.86. The van der Waals surface area contributed by atoms with Crippen molar-refractivity contribution < 1.29 is 13.6 Å². The SMILES string of the molecule is C=CCN(CC=C)C(=O)CCc1ncc(-c2ccc(F)cc2)o1. The Morgan fingerprint density at radius 2 is 1.87 bits per heavy atom. The van der Waals surface area contributed by atoms with Crippen molar-refractivity contribution in [3.8, 4) is 11.3 Å². The lowest BCUT2D eigenvalue weighted by Crippen LogP contribution is -2.31. The Morgan fingerprint density at radius 3 is 2.48 bits per heavy atom. The quantitative estimate of drug-likeness (QED) is 0.699. The second kappa shape index (κ2) is 8.08. The molecule has 0 fully saturated rings. The minimum Gasteiger partial charge on any atom is -0.441 e. The van der Waals surface area contributed by atoms with Gasteiger partial charge in [-0.05, 0) is 24.3 Å². The fourth-order valence-electron chi connectivity index (χ4n) is 2.14. The standard InChI is InChI=1S/C18H19FN2O2/c1-3-11-21(12-4-2)18(22)10-9-17-20-13-16(23-17)14-5-7-15(19)8-6-14/h3-8,13H,1-2,9-12H2. The van der Waals surface area contributed by atoms with Crippen molar-refractivity contribution in [2.75, 3.05) is 13.1 Å². The summed E-state index contributed by atoms with van der Waals surface area (Å²) in [4.78, 5) is 18.0. The third kappa shape index (κ3) is 4.64. The van der Waals surface area contributed by atoms with Gasteiger partial charge in [0.05, 0.1) is 6.20 Å². The van der Waals surface area contributed by atoms with Gasteiger partial charge in [0.15, 0.2) is 11.7 Å². The van der Waals surface area contributed by atoms with E-state index in [1.54, 1.807) is 35.4 Å². The zero-order valence-corrected chi connectivity index (χ0v) is 12.9. The molecular weight excluding hydrogens is 295 g/mol. The number of nitrogens with zero attached hydrogens (tertiary/aromatic N) is 2. The molecule has 0 bridgehead atoms. The van der Waals surface area contributed by atoms with E-state index >= 15 is 0 Å². The zero-order valence-electron chi connectivity index (χ0n) is 12.9. The van der Waals surface area contributed by atoms with Gasteiger partial charge in [0.2, 0.25) is 5.91 Å². The summed E-state index contributed by atoms with van der Waals surface area (Å²) >= 11 is 0. The minimum absolute atomic E-state index is 0.00803. The summed E-state index contributed by atoms with van der Waals surface area (Å²) in [6.45, 7) is 8.25. The maximum atomic E-state index is 12.9. The van der Waals surface area contributed by atoms with E-state index in [0.717, 1.165) is 5.56 Å². The molecule has 1 aromatic carbocycles. The van der Waals surface area contributed by atoms with Crippen LogP contribution in [0.15, 0.2) is 60.2 Å². The fraction of sp³-hybridized carbons (Fsp3) is 0.222. The van der Waals surface area contributed by atoms with Crippen LogP contribution in [0.25, 0.3) is 11.3 Å². The highest BCUT2D eigenvalue weighted by atomic mass is 19.1. The first-order valence-corrected chi connectivity index (χ1v) is 7.34. The highest BCUT2D eigenvalue weighted by Gasteiger charge is 2.13. The smallest absolute Gasteiger partial charge is 0.223 e. The summed E-state index contributed by atoms with van der Waals surface area (Å²) in [6, 6.07) is 5.98. The third-order valence-corrected chi connectivity index (χ3v) is 3.29. The van der Waals surface area contributed by atoms with E-state index in [4.69, 9.17) is 4.42 Å². The Morgan fingerprint density at radius 1 is 1.22 bits per heavy atom. The molecule has 0 radical (unpaired) electrons. The second-order valence-electron chi connectivity index (χ2n) is 5.00. The van der Waals surface area contributed by atoms with Gasteiger partial charge < -0.3 is 9.32 Å². The van der Waals surface area contributed by atoms with Crippen LogP contribution in [0.1, 0.15) is 12.3 Å². The first-order valence-electron chi connectivity index (χ1n) is 7.34. The van der Waals surface area contributed by atoms with Crippen molar-refractivity contribution in [1.29, 1.82) is 0 Å². The molecule has 1 amide bonds. The van der Waals surface area contributed by atoms with Gasteiger partial charge in [-0.2, -0.15) is 0 Å². The number of halogens is 1. The molecule has 0 spiro atoms. The van der Waals surface area contributed by atoms with Crippen LogP contribution < -0.4 is 0 Å². The molecule has 4 nitrogen and oxygen atoms in total. The monoisotopic (exact) mass is 314 g/mol. The molecule has 5 heteroatoms.